The number of urea groups is 1. The maximum Gasteiger partial charge on any atom is 0.416 e. The highest BCUT2D eigenvalue weighted by Crippen LogP contribution is 2.37. The highest BCUT2D eigenvalue weighted by atomic mass is 19.4. The van der Waals surface area contributed by atoms with E-state index in [1.54, 1.807) is 9.80 Å². The van der Waals surface area contributed by atoms with E-state index in [0.717, 1.165) is 12.1 Å². The van der Waals surface area contributed by atoms with Crippen molar-refractivity contribution in [3.8, 4) is 0 Å². The van der Waals surface area contributed by atoms with Crippen molar-refractivity contribution in [3.05, 3.63) is 65.7 Å². The number of hydrogen-bond donors (Lipinski definition) is 1. The predicted molar refractivity (Wildman–Crippen MR) is 118 cm³/mol. The topological polar surface area (TPSA) is 65.1 Å². The lowest BCUT2D eigenvalue weighted by molar-refractivity contribution is -0.147. The van der Waals surface area contributed by atoms with E-state index in [-0.39, 0.29) is 23.5 Å². The van der Waals surface area contributed by atoms with E-state index in [0.29, 0.717) is 51.6 Å². The van der Waals surface area contributed by atoms with Crippen LogP contribution in [0, 0.1) is 0 Å². The van der Waals surface area contributed by atoms with Crippen LogP contribution < -0.4 is 5.32 Å². The molecule has 3 heterocycles. The molecular formula is C24H25F3N4O3. The van der Waals surface area contributed by atoms with Crippen molar-refractivity contribution >= 4 is 17.6 Å². The molecule has 7 nitrogen and oxygen atoms in total. The summed E-state index contributed by atoms with van der Waals surface area (Å²) in [5.74, 6) is -0.310. The number of morpholine rings is 1. The molecule has 1 spiro atoms. The van der Waals surface area contributed by atoms with Gasteiger partial charge in [-0.05, 0) is 36.4 Å². The van der Waals surface area contributed by atoms with Gasteiger partial charge in [-0.25, -0.2) is 4.79 Å². The van der Waals surface area contributed by atoms with E-state index in [9.17, 15) is 22.8 Å². The first-order chi connectivity index (χ1) is 16.2. The highest BCUT2D eigenvalue weighted by molar-refractivity contribution is 5.95. The van der Waals surface area contributed by atoms with E-state index >= 15 is 0 Å². The Hall–Kier alpha value is -3.11. The number of anilines is 1. The Bertz CT molecular complexity index is 1060. The molecule has 0 saturated carbocycles. The van der Waals surface area contributed by atoms with Gasteiger partial charge in [-0.15, -0.1) is 0 Å². The SMILES string of the molecule is O=C(Nc1ccccc1)N1CC2COCCN2C2(C1)CN(C(=O)c1ccc(C(F)(F)F)cc1)C2. The number of nitrogens with zero attached hydrogens (tertiary/aromatic N) is 3. The van der Waals surface area contributed by atoms with E-state index in [1.165, 1.54) is 12.1 Å². The molecule has 0 aliphatic carbocycles. The molecule has 3 fully saturated rings. The van der Waals surface area contributed by atoms with E-state index in [1.807, 2.05) is 30.3 Å². The van der Waals surface area contributed by atoms with Crippen LogP contribution in [0.15, 0.2) is 54.6 Å². The monoisotopic (exact) mass is 474 g/mol. The first-order valence-corrected chi connectivity index (χ1v) is 11.2. The molecule has 1 unspecified atom stereocenters. The molecule has 0 aromatic heterocycles. The van der Waals surface area contributed by atoms with Gasteiger partial charge in [0, 0.05) is 44.0 Å². The van der Waals surface area contributed by atoms with Gasteiger partial charge in [0.05, 0.1) is 30.4 Å². The third-order valence-electron chi connectivity index (χ3n) is 6.78. The maximum atomic E-state index is 13.0. The molecule has 180 valence electrons. The lowest BCUT2D eigenvalue weighted by atomic mass is 9.82. The summed E-state index contributed by atoms with van der Waals surface area (Å²) in [5, 5.41) is 2.93. The molecule has 1 N–H and O–H groups in total. The predicted octanol–water partition coefficient (Wildman–Crippen LogP) is 3.15. The maximum absolute atomic E-state index is 13.0. The first kappa shape index (κ1) is 22.7. The van der Waals surface area contributed by atoms with Gasteiger partial charge in [0.1, 0.15) is 0 Å². The summed E-state index contributed by atoms with van der Waals surface area (Å²) in [5.41, 5.74) is -0.262. The van der Waals surface area contributed by atoms with Gasteiger partial charge in [0.15, 0.2) is 0 Å². The zero-order chi connectivity index (χ0) is 23.9. The van der Waals surface area contributed by atoms with Crippen LogP contribution in [-0.2, 0) is 10.9 Å². The lowest BCUT2D eigenvalue weighted by Crippen LogP contribution is -2.81. The number of likely N-dealkylation sites (tertiary alicyclic amines) is 1. The van der Waals surface area contributed by atoms with Crippen molar-refractivity contribution in [2.24, 2.45) is 0 Å². The van der Waals surface area contributed by atoms with Gasteiger partial charge in [-0.3, -0.25) is 9.69 Å². The molecule has 0 bridgehead atoms. The zero-order valence-corrected chi connectivity index (χ0v) is 18.4. The molecule has 3 saturated heterocycles. The van der Waals surface area contributed by atoms with Crippen molar-refractivity contribution in [1.29, 1.82) is 0 Å². The zero-order valence-electron chi connectivity index (χ0n) is 18.4. The molecular weight excluding hydrogens is 449 g/mol. The minimum Gasteiger partial charge on any atom is -0.378 e. The minimum absolute atomic E-state index is 0.0207. The Morgan fingerprint density at radius 1 is 0.971 bits per heavy atom. The van der Waals surface area contributed by atoms with Gasteiger partial charge >= 0.3 is 12.2 Å². The van der Waals surface area contributed by atoms with Crippen LogP contribution in [0.1, 0.15) is 15.9 Å². The van der Waals surface area contributed by atoms with Gasteiger partial charge in [0.2, 0.25) is 0 Å². The van der Waals surface area contributed by atoms with Crippen LogP contribution >= 0.6 is 0 Å². The third-order valence-corrected chi connectivity index (χ3v) is 6.78. The summed E-state index contributed by atoms with van der Waals surface area (Å²) in [6.45, 7) is 3.58. The lowest BCUT2D eigenvalue weighted by Gasteiger charge is -2.63. The number of halogens is 3. The number of para-hydroxylation sites is 1. The number of carbonyl (C=O) groups excluding carboxylic acids is 2. The number of ether oxygens (including phenoxy) is 1. The Morgan fingerprint density at radius 3 is 2.32 bits per heavy atom. The molecule has 2 aromatic carbocycles. The number of benzene rings is 2. The fourth-order valence-electron chi connectivity index (χ4n) is 5.15. The Morgan fingerprint density at radius 2 is 1.65 bits per heavy atom. The molecule has 34 heavy (non-hydrogen) atoms. The largest absolute Gasteiger partial charge is 0.416 e. The van der Waals surface area contributed by atoms with Crippen molar-refractivity contribution in [3.63, 3.8) is 0 Å². The van der Waals surface area contributed by atoms with Crippen molar-refractivity contribution in [2.45, 2.75) is 17.8 Å². The van der Waals surface area contributed by atoms with E-state index in [2.05, 4.69) is 10.2 Å². The van der Waals surface area contributed by atoms with Crippen molar-refractivity contribution < 1.29 is 27.5 Å². The smallest absolute Gasteiger partial charge is 0.378 e. The standard InChI is InChI=1S/C24H25F3N4O3/c25-24(26,27)18-8-6-17(7-9-18)21(32)30-15-23(16-30)14-29(12-20-13-34-11-10-31(20)23)22(33)28-19-4-2-1-3-5-19/h1-9,20H,10-16H2,(H,28,33). The summed E-state index contributed by atoms with van der Waals surface area (Å²) in [6, 6.07) is 13.3. The number of alkyl halides is 3. The molecule has 3 aliphatic heterocycles. The molecule has 1 atom stereocenters. The van der Waals surface area contributed by atoms with Gasteiger partial charge in [0.25, 0.3) is 5.91 Å². The summed E-state index contributed by atoms with van der Waals surface area (Å²) in [4.78, 5) is 31.7. The Labute approximate surface area is 195 Å². The minimum atomic E-state index is -4.44. The van der Waals surface area contributed by atoms with Crippen LogP contribution in [-0.4, -0.2) is 84.2 Å². The van der Waals surface area contributed by atoms with Gasteiger partial charge in [-0.1, -0.05) is 18.2 Å². The number of nitrogens with one attached hydrogen (secondary N) is 1. The molecule has 2 aromatic rings. The van der Waals surface area contributed by atoms with Gasteiger partial charge < -0.3 is 19.9 Å². The van der Waals surface area contributed by atoms with Crippen molar-refractivity contribution in [1.82, 2.24) is 14.7 Å². The van der Waals surface area contributed by atoms with Crippen molar-refractivity contribution in [2.75, 3.05) is 51.3 Å². The summed E-state index contributed by atoms with van der Waals surface area (Å²) >= 11 is 0. The second-order valence-corrected chi connectivity index (χ2v) is 9.06. The summed E-state index contributed by atoms with van der Waals surface area (Å²) in [7, 11) is 0. The van der Waals surface area contributed by atoms with Crippen LogP contribution in [0.25, 0.3) is 0 Å². The van der Waals surface area contributed by atoms with Gasteiger partial charge in [-0.2, -0.15) is 13.2 Å². The van der Waals surface area contributed by atoms with Crippen LogP contribution in [0.5, 0.6) is 0 Å². The number of fused-ring (bicyclic) bond motifs is 2. The second-order valence-electron chi connectivity index (χ2n) is 9.06. The fourth-order valence-corrected chi connectivity index (χ4v) is 5.15. The second kappa shape index (κ2) is 8.59. The Kier molecular flexibility index (Phi) is 5.73. The molecule has 10 heteroatoms. The Balaban J connectivity index is 1.29. The highest BCUT2D eigenvalue weighted by Gasteiger charge is 2.56. The first-order valence-electron chi connectivity index (χ1n) is 11.2. The van der Waals surface area contributed by atoms with Crippen LogP contribution in [0.3, 0.4) is 0 Å². The molecule has 0 radical (unpaired) electrons. The number of carbonyl (C=O) groups is 2. The molecule has 5 rings (SSSR count). The van der Waals surface area contributed by atoms with E-state index < -0.39 is 17.3 Å². The number of hydrogen-bond acceptors (Lipinski definition) is 4. The van der Waals surface area contributed by atoms with Crippen LogP contribution in [0.2, 0.25) is 0 Å². The number of amides is 3. The fraction of sp³-hybridized carbons (Fsp3) is 0.417. The summed E-state index contributed by atoms with van der Waals surface area (Å²) in [6.07, 6.45) is -4.44. The summed E-state index contributed by atoms with van der Waals surface area (Å²) < 4.78 is 44.2. The molecule has 3 aliphatic rings. The third kappa shape index (κ3) is 4.23. The number of piperazine rings is 1. The average molecular weight is 474 g/mol. The van der Waals surface area contributed by atoms with E-state index in [4.69, 9.17) is 4.74 Å². The number of rotatable bonds is 2. The normalized spacial score (nSPS) is 22.1. The van der Waals surface area contributed by atoms with Crippen LogP contribution in [0.4, 0.5) is 23.7 Å². The molecule has 3 amide bonds. The quantitative estimate of drug-likeness (QED) is 0.727. The average Bonchev–Trinajstić information content (AvgIpc) is 2.81.